The molecule has 3 heterocycles. The fourth-order valence-corrected chi connectivity index (χ4v) is 5.19. The monoisotopic (exact) mass is 478 g/mol. The van der Waals surface area contributed by atoms with E-state index in [4.69, 9.17) is 4.74 Å². The Balaban J connectivity index is 1.31. The molecule has 1 unspecified atom stereocenters. The fourth-order valence-electron chi connectivity index (χ4n) is 5.19. The third-order valence-corrected chi connectivity index (χ3v) is 7.14. The van der Waals surface area contributed by atoms with E-state index >= 15 is 0 Å². The molecule has 1 N–H and O–H groups in total. The number of alkyl carbamates (subject to hydrolysis) is 1. The summed E-state index contributed by atoms with van der Waals surface area (Å²) in [5.74, 6) is 0.301. The lowest BCUT2D eigenvalue weighted by Gasteiger charge is -2.38. The highest BCUT2D eigenvalue weighted by Gasteiger charge is 2.47. The molecule has 0 radical (unpaired) electrons. The molecule has 2 aliphatic heterocycles. The Kier molecular flexibility index (Phi) is 7.75. The van der Waals surface area contributed by atoms with Gasteiger partial charge in [-0.2, -0.15) is 0 Å². The van der Waals surface area contributed by atoms with Crippen molar-refractivity contribution >= 4 is 12.0 Å². The Morgan fingerprint density at radius 2 is 1.80 bits per heavy atom. The zero-order valence-corrected chi connectivity index (χ0v) is 21.2. The van der Waals surface area contributed by atoms with Gasteiger partial charge in [0.1, 0.15) is 5.60 Å². The van der Waals surface area contributed by atoms with Gasteiger partial charge in [-0.3, -0.25) is 9.78 Å². The number of rotatable bonds is 7. The van der Waals surface area contributed by atoms with Crippen LogP contribution in [0.1, 0.15) is 63.6 Å². The summed E-state index contributed by atoms with van der Waals surface area (Å²) < 4.78 is 5.50. The first-order valence-electron chi connectivity index (χ1n) is 12.7. The molecule has 2 fully saturated rings. The second-order valence-corrected chi connectivity index (χ2v) is 10.9. The van der Waals surface area contributed by atoms with E-state index in [1.54, 1.807) is 6.20 Å². The number of benzene rings is 1. The number of aromatic nitrogens is 1. The molecule has 0 saturated carbocycles. The predicted molar refractivity (Wildman–Crippen MR) is 136 cm³/mol. The van der Waals surface area contributed by atoms with E-state index in [1.165, 1.54) is 0 Å². The minimum Gasteiger partial charge on any atom is -0.444 e. The van der Waals surface area contributed by atoms with Crippen molar-refractivity contribution in [3.05, 3.63) is 66.0 Å². The van der Waals surface area contributed by atoms with Crippen LogP contribution >= 0.6 is 0 Å². The Morgan fingerprint density at radius 3 is 2.46 bits per heavy atom. The maximum atomic E-state index is 13.3. The molecule has 0 aliphatic carbocycles. The molecule has 2 amide bonds. The van der Waals surface area contributed by atoms with Crippen LogP contribution in [0.2, 0.25) is 0 Å². The van der Waals surface area contributed by atoms with E-state index in [-0.39, 0.29) is 11.5 Å². The number of carbonyl (C=O) groups excluding carboxylic acids is 2. The van der Waals surface area contributed by atoms with E-state index in [2.05, 4.69) is 15.2 Å². The van der Waals surface area contributed by atoms with E-state index in [1.807, 2.05) is 74.3 Å². The van der Waals surface area contributed by atoms with Gasteiger partial charge >= 0.3 is 6.09 Å². The first-order valence-corrected chi connectivity index (χ1v) is 12.7. The number of pyridine rings is 1. The third-order valence-electron chi connectivity index (χ3n) is 7.14. The summed E-state index contributed by atoms with van der Waals surface area (Å²) in [5, 5.41) is 3.06. The van der Waals surface area contributed by atoms with Crippen molar-refractivity contribution in [3.63, 3.8) is 0 Å². The van der Waals surface area contributed by atoms with E-state index in [0.717, 1.165) is 63.0 Å². The fraction of sp³-hybridized carbons (Fsp3) is 0.536. The summed E-state index contributed by atoms with van der Waals surface area (Å²) in [6, 6.07) is 13.9. The highest BCUT2D eigenvalue weighted by Crippen LogP contribution is 2.42. The number of ether oxygens (including phenoxy) is 1. The average Bonchev–Trinajstić information content (AvgIpc) is 3.12. The van der Waals surface area contributed by atoms with Crippen LogP contribution in [0.25, 0.3) is 0 Å². The Morgan fingerprint density at radius 1 is 1.09 bits per heavy atom. The van der Waals surface area contributed by atoms with Gasteiger partial charge in [0.25, 0.3) is 0 Å². The number of nitrogens with zero attached hydrogens (tertiary/aromatic N) is 3. The lowest BCUT2D eigenvalue weighted by atomic mass is 9.77. The molecular formula is C28H38N4O3. The van der Waals surface area contributed by atoms with Crippen molar-refractivity contribution in [2.75, 3.05) is 26.2 Å². The lowest BCUT2D eigenvalue weighted by Crippen LogP contribution is -2.45. The van der Waals surface area contributed by atoms with Crippen LogP contribution in [0.4, 0.5) is 4.79 Å². The largest absolute Gasteiger partial charge is 0.444 e. The molecule has 7 nitrogen and oxygen atoms in total. The number of hydrogen-bond acceptors (Lipinski definition) is 5. The summed E-state index contributed by atoms with van der Waals surface area (Å²) in [6.45, 7) is 9.75. The second-order valence-electron chi connectivity index (χ2n) is 10.9. The van der Waals surface area contributed by atoms with Crippen molar-refractivity contribution in [1.29, 1.82) is 0 Å². The van der Waals surface area contributed by atoms with Crippen LogP contribution in [0.3, 0.4) is 0 Å². The van der Waals surface area contributed by atoms with Gasteiger partial charge in [0.15, 0.2) is 0 Å². The van der Waals surface area contributed by atoms with Crippen molar-refractivity contribution in [3.8, 4) is 0 Å². The Labute approximate surface area is 208 Å². The normalized spacial score (nSPS) is 19.1. The summed E-state index contributed by atoms with van der Waals surface area (Å²) in [4.78, 5) is 34.4. The SMILES string of the molecule is CC(C)(C)OC(=O)NC(CCN1CCC2(CC1)CCN(Cc1cccnc1)C2=O)c1ccccc1. The maximum absolute atomic E-state index is 13.3. The van der Waals surface area contributed by atoms with Crippen LogP contribution in [-0.4, -0.2) is 58.6 Å². The van der Waals surface area contributed by atoms with E-state index < -0.39 is 11.7 Å². The number of amides is 2. The number of piperidine rings is 1. The first-order chi connectivity index (χ1) is 16.7. The highest BCUT2D eigenvalue weighted by molar-refractivity contribution is 5.85. The van der Waals surface area contributed by atoms with Gasteiger partial charge in [0.05, 0.1) is 11.5 Å². The predicted octanol–water partition coefficient (Wildman–Crippen LogP) is 4.55. The van der Waals surface area contributed by atoms with E-state index in [9.17, 15) is 9.59 Å². The Hall–Kier alpha value is -2.93. The number of carbonyl (C=O) groups is 2. The summed E-state index contributed by atoms with van der Waals surface area (Å²) in [5.41, 5.74) is 1.40. The molecule has 2 aromatic rings. The molecule has 0 bridgehead atoms. The minimum atomic E-state index is -0.536. The van der Waals surface area contributed by atoms with Gasteiger partial charge in [-0.25, -0.2) is 4.79 Å². The quantitative estimate of drug-likeness (QED) is 0.632. The zero-order valence-electron chi connectivity index (χ0n) is 21.2. The molecule has 7 heteroatoms. The molecular weight excluding hydrogens is 440 g/mol. The zero-order chi connectivity index (χ0) is 24.9. The van der Waals surface area contributed by atoms with Crippen molar-refractivity contribution in [2.45, 2.75) is 64.6 Å². The van der Waals surface area contributed by atoms with Crippen LogP contribution in [0.15, 0.2) is 54.9 Å². The van der Waals surface area contributed by atoms with Crippen molar-refractivity contribution < 1.29 is 14.3 Å². The summed E-state index contributed by atoms with van der Waals surface area (Å²) in [7, 11) is 0. The Bertz CT molecular complexity index is 982. The maximum Gasteiger partial charge on any atom is 0.408 e. The van der Waals surface area contributed by atoms with Crippen LogP contribution < -0.4 is 5.32 Å². The van der Waals surface area contributed by atoms with Crippen LogP contribution in [0.5, 0.6) is 0 Å². The number of nitrogens with one attached hydrogen (secondary N) is 1. The first kappa shape index (κ1) is 25.2. The summed E-state index contributed by atoms with van der Waals surface area (Å²) >= 11 is 0. The van der Waals surface area contributed by atoms with Gasteiger partial charge in [-0.05, 0) is 76.7 Å². The molecule has 1 aromatic heterocycles. The second kappa shape index (κ2) is 10.8. The van der Waals surface area contributed by atoms with Crippen molar-refractivity contribution in [1.82, 2.24) is 20.1 Å². The number of hydrogen-bond donors (Lipinski definition) is 1. The molecule has 2 saturated heterocycles. The van der Waals surface area contributed by atoms with Gasteiger partial charge in [0, 0.05) is 32.0 Å². The standard InChI is InChI=1S/C28H38N4O3/c1-27(2,3)35-26(34)30-24(23-9-5-4-6-10-23)11-16-31-17-12-28(13-18-31)14-19-32(25(28)33)21-22-8-7-15-29-20-22/h4-10,15,20,24H,11-14,16-19,21H2,1-3H3,(H,30,34). The van der Waals surface area contributed by atoms with Gasteiger partial charge in [-0.15, -0.1) is 0 Å². The number of likely N-dealkylation sites (tertiary alicyclic amines) is 2. The molecule has 1 atom stereocenters. The average molecular weight is 479 g/mol. The third kappa shape index (κ3) is 6.60. The van der Waals surface area contributed by atoms with Crippen LogP contribution in [-0.2, 0) is 16.1 Å². The molecule has 1 aromatic carbocycles. The van der Waals surface area contributed by atoms with Gasteiger partial charge < -0.3 is 19.9 Å². The molecule has 188 valence electrons. The van der Waals surface area contributed by atoms with Gasteiger partial charge in [0.2, 0.25) is 5.91 Å². The molecule has 4 rings (SSSR count). The van der Waals surface area contributed by atoms with Crippen LogP contribution in [0, 0.1) is 5.41 Å². The molecule has 2 aliphatic rings. The van der Waals surface area contributed by atoms with Gasteiger partial charge in [-0.1, -0.05) is 36.4 Å². The van der Waals surface area contributed by atoms with Crippen molar-refractivity contribution in [2.24, 2.45) is 5.41 Å². The smallest absolute Gasteiger partial charge is 0.408 e. The molecule has 35 heavy (non-hydrogen) atoms. The highest BCUT2D eigenvalue weighted by atomic mass is 16.6. The minimum absolute atomic E-state index is 0.120. The van der Waals surface area contributed by atoms with E-state index in [0.29, 0.717) is 12.5 Å². The topological polar surface area (TPSA) is 74.8 Å². The summed E-state index contributed by atoms with van der Waals surface area (Å²) in [6.07, 6.45) is 6.72. The lowest BCUT2D eigenvalue weighted by molar-refractivity contribution is -0.138. The molecule has 1 spiro atoms.